The van der Waals surface area contributed by atoms with Crippen molar-refractivity contribution in [3.8, 4) is 0 Å². The van der Waals surface area contributed by atoms with E-state index in [1.807, 2.05) is 24.4 Å². The summed E-state index contributed by atoms with van der Waals surface area (Å²) >= 11 is 0. The minimum atomic E-state index is -0.177. The van der Waals surface area contributed by atoms with Crippen LogP contribution in [-0.4, -0.2) is 11.5 Å². The van der Waals surface area contributed by atoms with Gasteiger partial charge in [-0.3, -0.25) is 4.98 Å². The van der Waals surface area contributed by atoms with Crippen LogP contribution in [0.15, 0.2) is 48.8 Å². The fraction of sp³-hybridized carbons (Fsp3) is 0.389. The van der Waals surface area contributed by atoms with Gasteiger partial charge in [0.05, 0.1) is 0 Å². The van der Waals surface area contributed by atoms with E-state index in [2.05, 4.69) is 23.3 Å². The van der Waals surface area contributed by atoms with Gasteiger partial charge in [0.15, 0.2) is 0 Å². The monoisotopic (exact) mass is 286 g/mol. The van der Waals surface area contributed by atoms with Gasteiger partial charge in [-0.05, 0) is 48.7 Å². The van der Waals surface area contributed by atoms with E-state index in [9.17, 15) is 4.39 Å². The van der Waals surface area contributed by atoms with Crippen molar-refractivity contribution in [2.24, 2.45) is 0 Å². The number of rotatable bonds is 8. The van der Waals surface area contributed by atoms with Crippen LogP contribution in [0, 0.1) is 5.82 Å². The zero-order valence-electron chi connectivity index (χ0n) is 12.6. The summed E-state index contributed by atoms with van der Waals surface area (Å²) in [7, 11) is 0. The third-order valence-corrected chi connectivity index (χ3v) is 3.65. The van der Waals surface area contributed by atoms with Gasteiger partial charge < -0.3 is 5.32 Å². The fourth-order valence-corrected chi connectivity index (χ4v) is 2.43. The van der Waals surface area contributed by atoms with Crippen LogP contribution in [0.2, 0.25) is 0 Å². The first-order valence-electron chi connectivity index (χ1n) is 7.67. The lowest BCUT2D eigenvalue weighted by molar-refractivity contribution is 0.483. The molecular weight excluding hydrogens is 263 g/mol. The summed E-state index contributed by atoms with van der Waals surface area (Å²) < 4.78 is 13.0. The quantitative estimate of drug-likeness (QED) is 0.783. The number of benzene rings is 1. The first kappa shape index (κ1) is 15.6. The highest BCUT2D eigenvalue weighted by atomic mass is 19.1. The molecule has 1 atom stereocenters. The zero-order valence-corrected chi connectivity index (χ0v) is 12.6. The Morgan fingerprint density at radius 1 is 1.19 bits per heavy atom. The Kier molecular flexibility index (Phi) is 6.35. The molecule has 0 spiro atoms. The molecule has 1 aromatic carbocycles. The topological polar surface area (TPSA) is 24.9 Å². The summed E-state index contributed by atoms with van der Waals surface area (Å²) in [5, 5.41) is 3.59. The van der Waals surface area contributed by atoms with Gasteiger partial charge in [0.1, 0.15) is 5.82 Å². The number of nitrogens with one attached hydrogen (secondary N) is 1. The van der Waals surface area contributed by atoms with Crippen molar-refractivity contribution in [3.63, 3.8) is 0 Å². The van der Waals surface area contributed by atoms with E-state index in [4.69, 9.17) is 0 Å². The summed E-state index contributed by atoms with van der Waals surface area (Å²) in [6.45, 7) is 3.09. The lowest BCUT2D eigenvalue weighted by atomic mass is 10.0. The number of hydrogen-bond acceptors (Lipinski definition) is 2. The molecule has 21 heavy (non-hydrogen) atoms. The highest BCUT2D eigenvalue weighted by Crippen LogP contribution is 2.19. The van der Waals surface area contributed by atoms with Gasteiger partial charge >= 0.3 is 0 Å². The summed E-state index contributed by atoms with van der Waals surface area (Å²) in [6.07, 6.45) is 8.07. The molecule has 0 fully saturated rings. The van der Waals surface area contributed by atoms with Crippen LogP contribution in [0.5, 0.6) is 0 Å². The predicted molar refractivity (Wildman–Crippen MR) is 84.6 cm³/mol. The number of hydrogen-bond donors (Lipinski definition) is 1. The fourth-order valence-electron chi connectivity index (χ4n) is 2.43. The maximum Gasteiger partial charge on any atom is 0.123 e. The molecule has 3 heteroatoms. The highest BCUT2D eigenvalue weighted by molar-refractivity contribution is 5.20. The Balaban J connectivity index is 1.91. The van der Waals surface area contributed by atoms with Crippen LogP contribution in [0.4, 0.5) is 4.39 Å². The second-order valence-electron chi connectivity index (χ2n) is 5.31. The Bertz CT molecular complexity index is 511. The van der Waals surface area contributed by atoms with Gasteiger partial charge in [0.25, 0.3) is 0 Å². The maximum absolute atomic E-state index is 13.0. The van der Waals surface area contributed by atoms with Crippen molar-refractivity contribution >= 4 is 0 Å². The molecule has 0 aliphatic heterocycles. The van der Waals surface area contributed by atoms with E-state index in [-0.39, 0.29) is 5.82 Å². The average molecular weight is 286 g/mol. The molecule has 0 bridgehead atoms. The van der Waals surface area contributed by atoms with Gasteiger partial charge in [-0.2, -0.15) is 0 Å². The molecule has 2 aromatic rings. The van der Waals surface area contributed by atoms with Crippen LogP contribution in [0.3, 0.4) is 0 Å². The SMILES string of the molecule is CCCCC(NCCc1cccnc1)c1ccc(F)cc1. The smallest absolute Gasteiger partial charge is 0.123 e. The molecule has 0 aliphatic rings. The van der Waals surface area contributed by atoms with Gasteiger partial charge in [0, 0.05) is 18.4 Å². The van der Waals surface area contributed by atoms with Crippen molar-refractivity contribution in [2.75, 3.05) is 6.54 Å². The summed E-state index contributed by atoms with van der Waals surface area (Å²) in [4.78, 5) is 4.13. The van der Waals surface area contributed by atoms with E-state index in [0.717, 1.165) is 24.9 Å². The molecule has 1 aromatic heterocycles. The summed E-state index contributed by atoms with van der Waals surface area (Å²) in [5.41, 5.74) is 2.40. The van der Waals surface area contributed by atoms with Crippen molar-refractivity contribution < 1.29 is 4.39 Å². The Morgan fingerprint density at radius 3 is 2.67 bits per heavy atom. The third kappa shape index (κ3) is 5.27. The zero-order chi connectivity index (χ0) is 14.9. The number of halogens is 1. The molecular formula is C18H23FN2. The van der Waals surface area contributed by atoms with Crippen molar-refractivity contribution in [1.82, 2.24) is 10.3 Å². The Labute approximate surface area is 126 Å². The van der Waals surface area contributed by atoms with Crippen LogP contribution in [-0.2, 0) is 6.42 Å². The first-order chi connectivity index (χ1) is 10.3. The number of pyridine rings is 1. The average Bonchev–Trinajstić information content (AvgIpc) is 2.53. The molecule has 1 unspecified atom stereocenters. The molecule has 0 radical (unpaired) electrons. The van der Waals surface area contributed by atoms with Gasteiger partial charge in [0.2, 0.25) is 0 Å². The second-order valence-corrected chi connectivity index (χ2v) is 5.31. The normalized spacial score (nSPS) is 12.3. The molecule has 0 amide bonds. The Morgan fingerprint density at radius 2 is 2.00 bits per heavy atom. The van der Waals surface area contributed by atoms with Gasteiger partial charge in [-0.15, -0.1) is 0 Å². The molecule has 0 saturated carbocycles. The third-order valence-electron chi connectivity index (χ3n) is 3.65. The van der Waals surface area contributed by atoms with Gasteiger partial charge in [-0.1, -0.05) is 38.0 Å². The van der Waals surface area contributed by atoms with E-state index < -0.39 is 0 Å². The van der Waals surface area contributed by atoms with E-state index in [1.165, 1.54) is 30.5 Å². The number of nitrogens with zero attached hydrogens (tertiary/aromatic N) is 1. The highest BCUT2D eigenvalue weighted by Gasteiger charge is 2.10. The van der Waals surface area contributed by atoms with Crippen LogP contribution < -0.4 is 5.32 Å². The standard InChI is InChI=1S/C18H23FN2/c1-2-3-6-18(16-7-9-17(19)10-8-16)21-13-11-15-5-4-12-20-14-15/h4-5,7-10,12,14,18,21H,2-3,6,11,13H2,1H3. The summed E-state index contributed by atoms with van der Waals surface area (Å²) in [6, 6.07) is 11.2. The van der Waals surface area contributed by atoms with Crippen LogP contribution in [0.1, 0.15) is 43.4 Å². The summed E-state index contributed by atoms with van der Waals surface area (Å²) in [5.74, 6) is -0.177. The molecule has 2 rings (SSSR count). The lowest BCUT2D eigenvalue weighted by Gasteiger charge is -2.19. The molecule has 0 aliphatic carbocycles. The van der Waals surface area contributed by atoms with E-state index in [1.54, 1.807) is 6.20 Å². The van der Waals surface area contributed by atoms with Crippen molar-refractivity contribution in [2.45, 2.75) is 38.6 Å². The molecule has 0 saturated heterocycles. The van der Waals surface area contributed by atoms with E-state index in [0.29, 0.717) is 6.04 Å². The molecule has 2 nitrogen and oxygen atoms in total. The minimum absolute atomic E-state index is 0.177. The molecule has 112 valence electrons. The maximum atomic E-state index is 13.0. The van der Waals surface area contributed by atoms with Crippen LogP contribution >= 0.6 is 0 Å². The van der Waals surface area contributed by atoms with Crippen molar-refractivity contribution in [3.05, 3.63) is 65.7 Å². The van der Waals surface area contributed by atoms with Crippen LogP contribution in [0.25, 0.3) is 0 Å². The molecule has 1 heterocycles. The first-order valence-corrected chi connectivity index (χ1v) is 7.67. The predicted octanol–water partition coefficient (Wildman–Crippen LogP) is 4.28. The minimum Gasteiger partial charge on any atom is -0.310 e. The number of unbranched alkanes of at least 4 members (excludes halogenated alkanes) is 1. The Hall–Kier alpha value is -1.74. The van der Waals surface area contributed by atoms with E-state index >= 15 is 0 Å². The van der Waals surface area contributed by atoms with Gasteiger partial charge in [-0.25, -0.2) is 4.39 Å². The lowest BCUT2D eigenvalue weighted by Crippen LogP contribution is -2.24. The van der Waals surface area contributed by atoms with Crippen molar-refractivity contribution in [1.29, 1.82) is 0 Å². The largest absolute Gasteiger partial charge is 0.310 e. The number of aromatic nitrogens is 1. The molecule has 1 N–H and O–H groups in total. The second kappa shape index (κ2) is 8.53.